The van der Waals surface area contributed by atoms with Gasteiger partial charge in [-0.3, -0.25) is 4.68 Å². The molecule has 1 atom stereocenters. The average molecular weight is 288 g/mol. The molecule has 0 spiro atoms. The molecule has 0 bridgehead atoms. The first-order chi connectivity index (χ1) is 8.84. The van der Waals surface area contributed by atoms with Crippen LogP contribution in [0.3, 0.4) is 0 Å². The molecule has 19 heavy (non-hydrogen) atoms. The van der Waals surface area contributed by atoms with Crippen molar-refractivity contribution < 1.29 is 8.42 Å². The minimum atomic E-state index is -3.57. The predicted molar refractivity (Wildman–Crippen MR) is 76.2 cm³/mol. The van der Waals surface area contributed by atoms with Crippen molar-refractivity contribution in [2.45, 2.75) is 51.0 Å². The molecule has 0 aromatic carbocycles. The van der Waals surface area contributed by atoms with Crippen LogP contribution in [0, 0.1) is 0 Å². The normalized spacial score (nSPS) is 13.9. The number of unbranched alkanes of at least 4 members (excludes halogenated alkanes) is 1. The largest absolute Gasteiger partial charge is 0.381 e. The fourth-order valence-corrected chi connectivity index (χ4v) is 3.74. The van der Waals surface area contributed by atoms with E-state index >= 15 is 0 Å². The highest BCUT2D eigenvalue weighted by Gasteiger charge is 2.31. The zero-order valence-corrected chi connectivity index (χ0v) is 12.9. The van der Waals surface area contributed by atoms with Crippen LogP contribution in [0.25, 0.3) is 0 Å². The molecule has 1 aromatic heterocycles. The average Bonchev–Trinajstić information content (AvgIpc) is 2.69. The van der Waals surface area contributed by atoms with Crippen LogP contribution in [-0.4, -0.2) is 35.1 Å². The van der Waals surface area contributed by atoms with Gasteiger partial charge in [-0.25, -0.2) is 8.42 Å². The molecule has 0 saturated carbocycles. The highest BCUT2D eigenvalue weighted by Crippen LogP contribution is 2.24. The standard InChI is InChI=1S/C12H24N4O2S/c1-5-7-8-16(10(3)6-2)19(17,18)11-9-15(4)14-12(11)13/h9-10H,5-8H2,1-4H3,(H2,13,14). The van der Waals surface area contributed by atoms with Crippen molar-refractivity contribution in [1.29, 1.82) is 0 Å². The highest BCUT2D eigenvalue weighted by atomic mass is 32.2. The maximum Gasteiger partial charge on any atom is 0.248 e. The topological polar surface area (TPSA) is 81.2 Å². The van der Waals surface area contributed by atoms with Crippen LogP contribution in [0.1, 0.15) is 40.0 Å². The van der Waals surface area contributed by atoms with Gasteiger partial charge >= 0.3 is 0 Å². The maximum atomic E-state index is 12.7. The van der Waals surface area contributed by atoms with Gasteiger partial charge in [0.1, 0.15) is 4.90 Å². The Kier molecular flexibility index (Phi) is 5.37. The lowest BCUT2D eigenvalue weighted by Gasteiger charge is -2.27. The van der Waals surface area contributed by atoms with Gasteiger partial charge in [0.25, 0.3) is 0 Å². The molecule has 0 amide bonds. The van der Waals surface area contributed by atoms with Crippen LogP contribution in [0.4, 0.5) is 5.82 Å². The third-order valence-electron chi connectivity index (χ3n) is 3.22. The SMILES string of the molecule is CCCCN(C(C)CC)S(=O)(=O)c1cn(C)nc1N. The number of anilines is 1. The number of nitrogen functional groups attached to an aromatic ring is 1. The molecular weight excluding hydrogens is 264 g/mol. The summed E-state index contributed by atoms with van der Waals surface area (Å²) in [5.74, 6) is 0.0623. The van der Waals surface area contributed by atoms with E-state index in [4.69, 9.17) is 5.73 Å². The Labute approximate surface area is 115 Å². The van der Waals surface area contributed by atoms with E-state index in [0.717, 1.165) is 19.3 Å². The molecule has 0 aliphatic heterocycles. The van der Waals surface area contributed by atoms with E-state index < -0.39 is 10.0 Å². The second-order valence-electron chi connectivity index (χ2n) is 4.78. The van der Waals surface area contributed by atoms with Crippen molar-refractivity contribution in [1.82, 2.24) is 14.1 Å². The first-order valence-electron chi connectivity index (χ1n) is 6.65. The smallest absolute Gasteiger partial charge is 0.248 e. The number of aryl methyl sites for hydroxylation is 1. The van der Waals surface area contributed by atoms with Crippen LogP contribution in [0.2, 0.25) is 0 Å². The fourth-order valence-electron chi connectivity index (χ4n) is 1.90. The third kappa shape index (κ3) is 3.48. The summed E-state index contributed by atoms with van der Waals surface area (Å²) in [6.07, 6.45) is 4.02. The third-order valence-corrected chi connectivity index (χ3v) is 5.25. The van der Waals surface area contributed by atoms with Crippen LogP contribution in [0.15, 0.2) is 11.1 Å². The van der Waals surface area contributed by atoms with Gasteiger partial charge < -0.3 is 5.73 Å². The molecule has 1 rings (SSSR count). The molecule has 7 heteroatoms. The van der Waals surface area contributed by atoms with Crippen LogP contribution >= 0.6 is 0 Å². The molecule has 0 fully saturated rings. The van der Waals surface area contributed by atoms with E-state index in [1.807, 2.05) is 20.8 Å². The molecule has 2 N–H and O–H groups in total. The summed E-state index contributed by atoms with van der Waals surface area (Å²) in [6, 6.07) is -0.0452. The lowest BCUT2D eigenvalue weighted by Crippen LogP contribution is -2.39. The summed E-state index contributed by atoms with van der Waals surface area (Å²) in [7, 11) is -1.91. The first kappa shape index (κ1) is 16.0. The molecule has 0 aliphatic carbocycles. The van der Waals surface area contributed by atoms with Gasteiger partial charge in [0.05, 0.1) is 0 Å². The Hall–Kier alpha value is -1.08. The summed E-state index contributed by atoms with van der Waals surface area (Å²) >= 11 is 0. The minimum Gasteiger partial charge on any atom is -0.381 e. The highest BCUT2D eigenvalue weighted by molar-refractivity contribution is 7.89. The van der Waals surface area contributed by atoms with Gasteiger partial charge in [-0.15, -0.1) is 0 Å². The summed E-state index contributed by atoms with van der Waals surface area (Å²) in [5, 5.41) is 3.91. The van der Waals surface area contributed by atoms with Crippen molar-refractivity contribution in [2.75, 3.05) is 12.3 Å². The maximum absolute atomic E-state index is 12.7. The molecule has 0 saturated heterocycles. The Morgan fingerprint density at radius 3 is 2.53 bits per heavy atom. The molecule has 0 aliphatic rings. The first-order valence-corrected chi connectivity index (χ1v) is 8.09. The van der Waals surface area contributed by atoms with Gasteiger partial charge in [0.2, 0.25) is 10.0 Å². The monoisotopic (exact) mass is 288 g/mol. The second kappa shape index (κ2) is 6.38. The van der Waals surface area contributed by atoms with Crippen LogP contribution < -0.4 is 5.73 Å². The minimum absolute atomic E-state index is 0.0452. The number of nitrogens with zero attached hydrogens (tertiary/aromatic N) is 3. The fraction of sp³-hybridized carbons (Fsp3) is 0.750. The summed E-state index contributed by atoms with van der Waals surface area (Å²) in [5.41, 5.74) is 5.70. The number of hydrogen-bond donors (Lipinski definition) is 1. The second-order valence-corrected chi connectivity index (χ2v) is 6.64. The molecular formula is C12H24N4O2S. The lowest BCUT2D eigenvalue weighted by atomic mass is 10.2. The zero-order chi connectivity index (χ0) is 14.6. The predicted octanol–water partition coefficient (Wildman–Crippen LogP) is 1.59. The van der Waals surface area contributed by atoms with Crippen molar-refractivity contribution in [3.8, 4) is 0 Å². The van der Waals surface area contributed by atoms with E-state index in [2.05, 4.69) is 5.10 Å². The molecule has 110 valence electrons. The quantitative estimate of drug-likeness (QED) is 0.826. The van der Waals surface area contributed by atoms with Crippen LogP contribution in [0.5, 0.6) is 0 Å². The van der Waals surface area contributed by atoms with E-state index in [0.29, 0.717) is 6.54 Å². The van der Waals surface area contributed by atoms with Crippen molar-refractivity contribution >= 4 is 15.8 Å². The number of nitrogens with two attached hydrogens (primary N) is 1. The van der Waals surface area contributed by atoms with Crippen molar-refractivity contribution in [3.63, 3.8) is 0 Å². The summed E-state index contributed by atoms with van der Waals surface area (Å²) in [6.45, 7) is 6.45. The van der Waals surface area contributed by atoms with Gasteiger partial charge in [-0.1, -0.05) is 20.3 Å². The Morgan fingerprint density at radius 1 is 1.47 bits per heavy atom. The Morgan fingerprint density at radius 2 is 2.11 bits per heavy atom. The van der Waals surface area contributed by atoms with Crippen LogP contribution in [-0.2, 0) is 17.1 Å². The summed E-state index contributed by atoms with van der Waals surface area (Å²) in [4.78, 5) is 0.103. The van der Waals surface area contributed by atoms with E-state index in [1.54, 1.807) is 7.05 Å². The van der Waals surface area contributed by atoms with Gasteiger partial charge in [-0.2, -0.15) is 9.40 Å². The Bertz CT molecular complexity index is 510. The molecule has 6 nitrogen and oxygen atoms in total. The summed E-state index contributed by atoms with van der Waals surface area (Å²) < 4.78 is 28.3. The zero-order valence-electron chi connectivity index (χ0n) is 12.1. The number of aromatic nitrogens is 2. The molecule has 1 unspecified atom stereocenters. The van der Waals surface area contributed by atoms with Gasteiger partial charge in [-0.05, 0) is 19.8 Å². The number of hydrogen-bond acceptors (Lipinski definition) is 4. The number of sulfonamides is 1. The van der Waals surface area contributed by atoms with Crippen molar-refractivity contribution in [2.24, 2.45) is 7.05 Å². The number of rotatable bonds is 7. The molecule has 1 aromatic rings. The van der Waals surface area contributed by atoms with E-state index in [-0.39, 0.29) is 16.8 Å². The van der Waals surface area contributed by atoms with Gasteiger partial charge in [0, 0.05) is 25.8 Å². The lowest BCUT2D eigenvalue weighted by molar-refractivity contribution is 0.324. The van der Waals surface area contributed by atoms with E-state index in [9.17, 15) is 8.42 Å². The molecule has 1 heterocycles. The Balaban J connectivity index is 3.15. The van der Waals surface area contributed by atoms with Gasteiger partial charge in [0.15, 0.2) is 5.82 Å². The van der Waals surface area contributed by atoms with E-state index in [1.165, 1.54) is 15.2 Å². The molecule has 0 radical (unpaired) electrons. The van der Waals surface area contributed by atoms with Crippen molar-refractivity contribution in [3.05, 3.63) is 6.20 Å².